The minimum Gasteiger partial charge on any atom is -0.508 e. The maximum atomic E-state index is 10.3. The predicted molar refractivity (Wildman–Crippen MR) is 39.6 cm³/mol. The van der Waals surface area contributed by atoms with Gasteiger partial charge in [0.15, 0.2) is 0 Å². The number of benzene rings is 1. The molecule has 1 rings (SSSR count). The van der Waals surface area contributed by atoms with Gasteiger partial charge >= 0.3 is 5.69 Å². The molecule has 12 heavy (non-hydrogen) atoms. The summed E-state index contributed by atoms with van der Waals surface area (Å²) in [5.41, 5.74) is -0.282. The fourth-order valence-corrected chi connectivity index (χ4v) is 0.748. The Morgan fingerprint density at radius 3 is 2.75 bits per heavy atom. The topological polar surface area (TPSA) is 98.6 Å². The molecule has 0 heterocycles. The van der Waals surface area contributed by atoms with Crippen molar-refractivity contribution >= 4 is 5.69 Å². The zero-order valence-corrected chi connectivity index (χ0v) is 5.93. The molecule has 0 atom stereocenters. The van der Waals surface area contributed by atoms with E-state index in [-0.39, 0.29) is 17.2 Å². The zero-order chi connectivity index (χ0) is 9.14. The third kappa shape index (κ3) is 1.43. The van der Waals surface area contributed by atoms with E-state index in [0.717, 1.165) is 12.1 Å². The molecule has 0 spiro atoms. The fraction of sp³-hybridized carbons (Fsp3) is 0. The van der Waals surface area contributed by atoms with E-state index in [1.165, 1.54) is 6.07 Å². The van der Waals surface area contributed by atoms with Crippen LogP contribution in [0.25, 0.3) is 0 Å². The van der Waals surface area contributed by atoms with Crippen molar-refractivity contribution in [2.24, 2.45) is 5.90 Å². The fourth-order valence-electron chi connectivity index (χ4n) is 0.748. The van der Waals surface area contributed by atoms with Crippen molar-refractivity contribution < 1.29 is 14.9 Å². The molecule has 0 saturated carbocycles. The molecule has 0 amide bonds. The van der Waals surface area contributed by atoms with Crippen molar-refractivity contribution in [3.63, 3.8) is 0 Å². The van der Waals surface area contributed by atoms with Crippen LogP contribution in [-0.2, 0) is 0 Å². The molecule has 0 saturated heterocycles. The van der Waals surface area contributed by atoms with Gasteiger partial charge in [0, 0.05) is 12.1 Å². The van der Waals surface area contributed by atoms with Gasteiger partial charge in [0.1, 0.15) is 5.75 Å². The van der Waals surface area contributed by atoms with Gasteiger partial charge in [0.05, 0.1) is 4.92 Å². The Hall–Kier alpha value is -1.82. The summed E-state index contributed by atoms with van der Waals surface area (Å²) in [4.78, 5) is 13.8. The minimum atomic E-state index is -0.651. The van der Waals surface area contributed by atoms with Crippen LogP contribution in [-0.4, -0.2) is 10.0 Å². The summed E-state index contributed by atoms with van der Waals surface area (Å²) in [5, 5.41) is 19.2. The first-order chi connectivity index (χ1) is 5.65. The summed E-state index contributed by atoms with van der Waals surface area (Å²) in [5.74, 6) is 4.44. The van der Waals surface area contributed by atoms with Gasteiger partial charge in [-0.2, -0.15) is 5.90 Å². The van der Waals surface area contributed by atoms with E-state index < -0.39 is 4.92 Å². The lowest BCUT2D eigenvalue weighted by atomic mass is 10.3. The van der Waals surface area contributed by atoms with Gasteiger partial charge in [0.25, 0.3) is 0 Å². The number of aromatic hydroxyl groups is 1. The van der Waals surface area contributed by atoms with Crippen molar-refractivity contribution in [1.29, 1.82) is 0 Å². The van der Waals surface area contributed by atoms with Crippen LogP contribution in [0, 0.1) is 10.1 Å². The first kappa shape index (κ1) is 8.28. The molecule has 0 aliphatic rings. The maximum absolute atomic E-state index is 10.3. The molecule has 0 aromatic heterocycles. The lowest BCUT2D eigenvalue weighted by molar-refractivity contribution is -0.385. The monoisotopic (exact) mass is 170 g/mol. The SMILES string of the molecule is NOc1cc(O)ccc1[N+](=O)[O-]. The van der Waals surface area contributed by atoms with Crippen LogP contribution >= 0.6 is 0 Å². The van der Waals surface area contributed by atoms with E-state index in [2.05, 4.69) is 4.84 Å². The normalized spacial score (nSPS) is 9.42. The molecule has 1 aromatic carbocycles. The van der Waals surface area contributed by atoms with Crippen LogP contribution in [0.5, 0.6) is 11.5 Å². The average molecular weight is 170 g/mol. The Morgan fingerprint density at radius 1 is 1.58 bits per heavy atom. The summed E-state index contributed by atoms with van der Waals surface area (Å²) < 4.78 is 0. The van der Waals surface area contributed by atoms with Gasteiger partial charge in [-0.05, 0) is 6.07 Å². The van der Waals surface area contributed by atoms with Crippen molar-refractivity contribution in [3.05, 3.63) is 28.3 Å². The maximum Gasteiger partial charge on any atom is 0.313 e. The second-order valence-electron chi connectivity index (χ2n) is 2.03. The Morgan fingerprint density at radius 2 is 2.25 bits per heavy atom. The highest BCUT2D eigenvalue weighted by Crippen LogP contribution is 2.29. The molecule has 64 valence electrons. The van der Waals surface area contributed by atoms with Crippen molar-refractivity contribution in [2.45, 2.75) is 0 Å². The van der Waals surface area contributed by atoms with Gasteiger partial charge < -0.3 is 9.94 Å². The van der Waals surface area contributed by atoms with Gasteiger partial charge in [0.2, 0.25) is 5.75 Å². The van der Waals surface area contributed by atoms with Gasteiger partial charge in [-0.3, -0.25) is 10.1 Å². The number of nitrogens with zero attached hydrogens (tertiary/aromatic N) is 1. The number of rotatable bonds is 2. The molecular weight excluding hydrogens is 164 g/mol. The van der Waals surface area contributed by atoms with E-state index in [0.29, 0.717) is 0 Å². The number of nitrogens with two attached hydrogens (primary N) is 1. The second-order valence-corrected chi connectivity index (χ2v) is 2.03. The number of phenols is 1. The molecule has 0 radical (unpaired) electrons. The first-order valence-corrected chi connectivity index (χ1v) is 2.99. The van der Waals surface area contributed by atoms with Gasteiger partial charge in [-0.25, -0.2) is 0 Å². The van der Waals surface area contributed by atoms with Crippen molar-refractivity contribution in [2.75, 3.05) is 0 Å². The van der Waals surface area contributed by atoms with E-state index in [9.17, 15) is 10.1 Å². The highest BCUT2D eigenvalue weighted by molar-refractivity contribution is 5.49. The summed E-state index contributed by atoms with van der Waals surface area (Å²) in [6.45, 7) is 0. The Labute approximate surface area is 67.3 Å². The molecule has 0 aliphatic carbocycles. The molecule has 0 fully saturated rings. The van der Waals surface area contributed by atoms with Crippen LogP contribution < -0.4 is 10.7 Å². The van der Waals surface area contributed by atoms with Crippen molar-refractivity contribution in [3.8, 4) is 11.5 Å². The highest BCUT2D eigenvalue weighted by Gasteiger charge is 2.14. The molecule has 0 bridgehead atoms. The molecule has 0 aliphatic heterocycles. The van der Waals surface area contributed by atoms with Gasteiger partial charge in [-0.1, -0.05) is 0 Å². The van der Waals surface area contributed by atoms with E-state index in [1.807, 2.05) is 0 Å². The predicted octanol–water partition coefficient (Wildman–Crippen LogP) is 0.553. The number of hydrogen-bond acceptors (Lipinski definition) is 5. The molecule has 6 nitrogen and oxygen atoms in total. The van der Waals surface area contributed by atoms with Crippen LogP contribution in [0.2, 0.25) is 0 Å². The van der Waals surface area contributed by atoms with Crippen molar-refractivity contribution in [1.82, 2.24) is 0 Å². The lowest BCUT2D eigenvalue weighted by Crippen LogP contribution is -2.04. The minimum absolute atomic E-state index is 0.138. The standard InChI is InChI=1S/C6H6N2O4/c7-12-6-3-4(9)1-2-5(6)8(10)11/h1-3,9H,7H2. The third-order valence-corrected chi connectivity index (χ3v) is 1.27. The van der Waals surface area contributed by atoms with Crippen LogP contribution in [0.3, 0.4) is 0 Å². The molecule has 1 aromatic rings. The third-order valence-electron chi connectivity index (χ3n) is 1.27. The summed E-state index contributed by atoms with van der Waals surface area (Å²) in [7, 11) is 0. The molecular formula is C6H6N2O4. The number of nitro benzene ring substituents is 1. The molecule has 3 N–H and O–H groups in total. The quantitative estimate of drug-likeness (QED) is 0.498. The van der Waals surface area contributed by atoms with E-state index in [1.54, 1.807) is 0 Å². The Kier molecular flexibility index (Phi) is 2.11. The van der Waals surface area contributed by atoms with E-state index >= 15 is 0 Å². The van der Waals surface area contributed by atoms with E-state index in [4.69, 9.17) is 11.0 Å². The summed E-state index contributed by atoms with van der Waals surface area (Å²) in [6, 6.07) is 3.36. The van der Waals surface area contributed by atoms with Crippen LogP contribution in [0.15, 0.2) is 18.2 Å². The first-order valence-electron chi connectivity index (χ1n) is 2.99. The lowest BCUT2D eigenvalue weighted by Gasteiger charge is -1.99. The average Bonchev–Trinajstić information content (AvgIpc) is 2.03. The van der Waals surface area contributed by atoms with Crippen LogP contribution in [0.4, 0.5) is 5.69 Å². The Bertz CT molecular complexity index is 312. The number of hydrogen-bond donors (Lipinski definition) is 2. The summed E-state index contributed by atoms with van der Waals surface area (Å²) in [6.07, 6.45) is 0. The summed E-state index contributed by atoms with van der Waals surface area (Å²) >= 11 is 0. The number of nitro groups is 1. The Balaban J connectivity index is 3.20. The highest BCUT2D eigenvalue weighted by atomic mass is 16.6. The van der Waals surface area contributed by atoms with Gasteiger partial charge in [-0.15, -0.1) is 0 Å². The second kappa shape index (κ2) is 3.05. The largest absolute Gasteiger partial charge is 0.508 e. The molecule has 6 heteroatoms. The van der Waals surface area contributed by atoms with Crippen LogP contribution in [0.1, 0.15) is 0 Å². The number of phenolic OH excluding ortho intramolecular Hbond substituents is 1. The smallest absolute Gasteiger partial charge is 0.313 e. The molecule has 0 unspecified atom stereocenters. The zero-order valence-electron chi connectivity index (χ0n) is 5.93.